The fourth-order valence-electron chi connectivity index (χ4n) is 2.13. The van der Waals surface area contributed by atoms with Crippen molar-refractivity contribution < 1.29 is 13.2 Å². The molecule has 0 saturated carbocycles. The predicted octanol–water partition coefficient (Wildman–Crippen LogP) is 5.07. The molecule has 0 spiro atoms. The molecule has 0 aliphatic heterocycles. The van der Waals surface area contributed by atoms with Crippen LogP contribution in [0.4, 0.5) is 8.78 Å². The van der Waals surface area contributed by atoms with Crippen LogP contribution in [0.15, 0.2) is 40.8 Å². The summed E-state index contributed by atoms with van der Waals surface area (Å²) in [7, 11) is 0. The molecule has 0 radical (unpaired) electrons. The quantitative estimate of drug-likeness (QED) is 0.668. The number of rotatable bonds is 2. The highest BCUT2D eigenvalue weighted by molar-refractivity contribution is 6.34. The van der Waals surface area contributed by atoms with E-state index < -0.39 is 17.7 Å². The van der Waals surface area contributed by atoms with Gasteiger partial charge in [-0.2, -0.15) is 0 Å². The molecule has 0 bridgehead atoms. The summed E-state index contributed by atoms with van der Waals surface area (Å²) in [5.74, 6) is -1.14. The van der Waals surface area contributed by atoms with Crippen molar-refractivity contribution in [3.63, 3.8) is 0 Å². The van der Waals surface area contributed by atoms with Crippen LogP contribution >= 0.6 is 23.2 Å². The second-order valence-electron chi connectivity index (χ2n) is 4.57. The molecule has 1 heterocycles. The molecule has 2 aromatic carbocycles. The summed E-state index contributed by atoms with van der Waals surface area (Å²) in [5, 5.41) is 0.868. The zero-order valence-electron chi connectivity index (χ0n) is 10.5. The molecule has 0 aliphatic carbocycles. The van der Waals surface area contributed by atoms with Gasteiger partial charge in [-0.25, -0.2) is 8.78 Å². The van der Waals surface area contributed by atoms with E-state index in [-0.39, 0.29) is 10.6 Å². The van der Waals surface area contributed by atoms with Crippen LogP contribution in [-0.2, 0) is 0 Å². The number of halogens is 4. The maximum atomic E-state index is 13.9. The van der Waals surface area contributed by atoms with Gasteiger partial charge < -0.3 is 10.2 Å². The van der Waals surface area contributed by atoms with Crippen LogP contribution in [0.3, 0.4) is 0 Å². The Morgan fingerprint density at radius 3 is 2.48 bits per heavy atom. The maximum absolute atomic E-state index is 13.9. The van der Waals surface area contributed by atoms with E-state index in [4.69, 9.17) is 33.4 Å². The van der Waals surface area contributed by atoms with Gasteiger partial charge in [-0.15, -0.1) is 0 Å². The van der Waals surface area contributed by atoms with Crippen LogP contribution < -0.4 is 5.73 Å². The third-order valence-corrected chi connectivity index (χ3v) is 3.78. The van der Waals surface area contributed by atoms with Crippen LogP contribution in [0.1, 0.15) is 17.4 Å². The highest BCUT2D eigenvalue weighted by atomic mass is 35.5. The van der Waals surface area contributed by atoms with E-state index in [1.54, 1.807) is 24.3 Å². The number of fused-ring (bicyclic) bond motifs is 1. The summed E-state index contributed by atoms with van der Waals surface area (Å²) < 4.78 is 33.0. The molecule has 3 aromatic rings. The van der Waals surface area contributed by atoms with E-state index in [9.17, 15) is 8.78 Å². The minimum Gasteiger partial charge on any atom is -0.457 e. The van der Waals surface area contributed by atoms with Gasteiger partial charge in [0.15, 0.2) is 5.58 Å². The van der Waals surface area contributed by atoms with Crippen molar-refractivity contribution in [1.82, 2.24) is 0 Å². The van der Waals surface area contributed by atoms with Crippen LogP contribution in [0, 0.1) is 11.6 Å². The molecule has 2 nitrogen and oxygen atoms in total. The van der Waals surface area contributed by atoms with E-state index >= 15 is 0 Å². The summed E-state index contributed by atoms with van der Waals surface area (Å²) in [4.78, 5) is 0. The van der Waals surface area contributed by atoms with E-state index in [0.29, 0.717) is 16.4 Å². The Bertz CT molecular complexity index is 832. The number of para-hydroxylation sites is 1. The molecular weight excluding hydrogens is 319 g/mol. The molecule has 108 valence electrons. The minimum atomic E-state index is -0.958. The van der Waals surface area contributed by atoms with Crippen molar-refractivity contribution in [2.75, 3.05) is 0 Å². The molecule has 6 heteroatoms. The summed E-state index contributed by atoms with van der Waals surface area (Å²) in [6, 6.07) is 7.78. The van der Waals surface area contributed by atoms with Crippen molar-refractivity contribution in [2.45, 2.75) is 6.04 Å². The molecule has 0 amide bonds. The van der Waals surface area contributed by atoms with Crippen molar-refractivity contribution >= 4 is 34.2 Å². The highest BCUT2D eigenvalue weighted by Gasteiger charge is 2.20. The molecule has 0 fully saturated rings. The van der Waals surface area contributed by atoms with Crippen LogP contribution in [0.5, 0.6) is 0 Å². The Labute approximate surface area is 129 Å². The monoisotopic (exact) mass is 327 g/mol. The summed E-state index contributed by atoms with van der Waals surface area (Å²) in [6.45, 7) is 0. The van der Waals surface area contributed by atoms with Gasteiger partial charge in [0, 0.05) is 10.9 Å². The lowest BCUT2D eigenvalue weighted by Gasteiger charge is -2.11. The van der Waals surface area contributed by atoms with Gasteiger partial charge in [0.2, 0.25) is 0 Å². The first-order chi connectivity index (χ1) is 9.97. The Morgan fingerprint density at radius 1 is 1.00 bits per heavy atom. The zero-order chi connectivity index (χ0) is 15.1. The number of benzene rings is 2. The minimum absolute atomic E-state index is 0.0351. The van der Waals surface area contributed by atoms with Crippen molar-refractivity contribution in [3.05, 3.63) is 69.4 Å². The lowest BCUT2D eigenvalue weighted by molar-refractivity contribution is 0.506. The Morgan fingerprint density at radius 2 is 1.76 bits per heavy atom. The van der Waals surface area contributed by atoms with Crippen molar-refractivity contribution in [3.8, 4) is 0 Å². The Hall–Kier alpha value is -1.62. The normalized spacial score (nSPS) is 12.8. The Kier molecular flexibility index (Phi) is 3.61. The number of nitrogens with two attached hydrogens (primary N) is 1. The van der Waals surface area contributed by atoms with Gasteiger partial charge in [-0.3, -0.25) is 0 Å². The number of furan rings is 1. The van der Waals surface area contributed by atoms with Gasteiger partial charge in [-0.1, -0.05) is 35.3 Å². The van der Waals surface area contributed by atoms with Crippen molar-refractivity contribution in [1.29, 1.82) is 0 Å². The Balaban J connectivity index is 2.10. The first-order valence-corrected chi connectivity index (χ1v) is 6.81. The predicted molar refractivity (Wildman–Crippen MR) is 78.6 cm³/mol. The highest BCUT2D eigenvalue weighted by Crippen LogP contribution is 2.32. The molecule has 0 saturated heterocycles. The third-order valence-electron chi connectivity index (χ3n) is 3.20. The van der Waals surface area contributed by atoms with Crippen LogP contribution in [0.25, 0.3) is 11.0 Å². The largest absolute Gasteiger partial charge is 0.457 e. The topological polar surface area (TPSA) is 39.2 Å². The molecule has 21 heavy (non-hydrogen) atoms. The maximum Gasteiger partial charge on any atom is 0.152 e. The van der Waals surface area contributed by atoms with Gasteiger partial charge in [0.05, 0.1) is 16.1 Å². The first-order valence-electron chi connectivity index (χ1n) is 6.05. The van der Waals surface area contributed by atoms with E-state index in [1.165, 1.54) is 0 Å². The zero-order valence-corrected chi connectivity index (χ0v) is 12.1. The number of hydrogen-bond acceptors (Lipinski definition) is 2. The molecule has 2 N–H and O–H groups in total. The molecule has 1 unspecified atom stereocenters. The van der Waals surface area contributed by atoms with Crippen LogP contribution in [-0.4, -0.2) is 0 Å². The average Bonchev–Trinajstić information content (AvgIpc) is 2.87. The van der Waals surface area contributed by atoms with E-state index in [2.05, 4.69) is 0 Å². The van der Waals surface area contributed by atoms with Gasteiger partial charge in [0.1, 0.15) is 17.4 Å². The van der Waals surface area contributed by atoms with Gasteiger partial charge in [0.25, 0.3) is 0 Å². The third kappa shape index (κ3) is 2.50. The average molecular weight is 328 g/mol. The fraction of sp³-hybridized carbons (Fsp3) is 0.0667. The standard InChI is InChI=1S/C15H9Cl2F2NO/c16-9-3-1-2-7-4-13(21-15(7)9)14(20)8-5-12(19)10(17)6-11(8)18/h1-6,14H,20H2. The SMILES string of the molecule is NC(c1cc2cccc(Cl)c2o1)c1cc(F)c(Cl)cc1F. The lowest BCUT2D eigenvalue weighted by Crippen LogP contribution is -2.13. The molecule has 3 rings (SSSR count). The summed E-state index contributed by atoms with van der Waals surface area (Å²) in [5.41, 5.74) is 6.39. The fourth-order valence-corrected chi connectivity index (χ4v) is 2.50. The van der Waals surface area contributed by atoms with Crippen molar-refractivity contribution in [2.24, 2.45) is 5.73 Å². The molecule has 1 atom stereocenters. The second-order valence-corrected chi connectivity index (χ2v) is 5.39. The smallest absolute Gasteiger partial charge is 0.152 e. The second kappa shape index (κ2) is 5.30. The van der Waals surface area contributed by atoms with E-state index in [0.717, 1.165) is 17.5 Å². The molecule has 0 aliphatic rings. The van der Waals surface area contributed by atoms with Gasteiger partial charge in [-0.05, 0) is 24.3 Å². The summed E-state index contributed by atoms with van der Waals surface area (Å²) in [6.07, 6.45) is 0. The molecule has 1 aromatic heterocycles. The first kappa shape index (κ1) is 14.3. The number of hydrogen-bond donors (Lipinski definition) is 1. The lowest BCUT2D eigenvalue weighted by atomic mass is 10.0. The summed E-state index contributed by atoms with van der Waals surface area (Å²) >= 11 is 11.5. The van der Waals surface area contributed by atoms with Crippen LogP contribution in [0.2, 0.25) is 10.0 Å². The van der Waals surface area contributed by atoms with E-state index in [1.807, 2.05) is 0 Å². The molecular formula is C15H9Cl2F2NO. The van der Waals surface area contributed by atoms with Gasteiger partial charge >= 0.3 is 0 Å².